The summed E-state index contributed by atoms with van der Waals surface area (Å²) in [5.41, 5.74) is 0.906. The topological polar surface area (TPSA) is 58.6 Å². The molecule has 1 aromatic rings. The number of methoxy groups -OCH3 is 1. The number of carbonyl (C=O) groups is 1. The van der Waals surface area contributed by atoms with E-state index in [-0.39, 0.29) is 12.0 Å². The molecule has 1 aromatic carbocycles. The van der Waals surface area contributed by atoms with E-state index in [0.29, 0.717) is 6.42 Å². The van der Waals surface area contributed by atoms with Crippen molar-refractivity contribution in [2.75, 3.05) is 12.4 Å². The van der Waals surface area contributed by atoms with Crippen LogP contribution in [0.5, 0.6) is 5.75 Å². The van der Waals surface area contributed by atoms with Crippen molar-refractivity contribution < 1.29 is 14.6 Å². The third kappa shape index (κ3) is 2.21. The number of benzene rings is 1. The first kappa shape index (κ1) is 9.83. The molecular weight excluding hydrogens is 194 g/mol. The molecule has 2 rings (SSSR count). The lowest BCUT2D eigenvalue weighted by molar-refractivity contribution is -0.138. The summed E-state index contributed by atoms with van der Waals surface area (Å²) in [5.74, 6) is -0.195. The number of hydrogen-bond acceptors (Lipinski definition) is 3. The van der Waals surface area contributed by atoms with E-state index in [1.54, 1.807) is 7.11 Å². The average Bonchev–Trinajstić information content (AvgIpc) is 2.98. The van der Waals surface area contributed by atoms with Crippen molar-refractivity contribution in [2.45, 2.75) is 12.5 Å². The van der Waals surface area contributed by atoms with Gasteiger partial charge < -0.3 is 15.2 Å². The molecule has 1 fully saturated rings. The highest BCUT2D eigenvalue weighted by Crippen LogP contribution is 2.34. The summed E-state index contributed by atoms with van der Waals surface area (Å²) in [6, 6.07) is 7.55. The molecule has 0 saturated heterocycles. The van der Waals surface area contributed by atoms with Crippen LogP contribution in [0.2, 0.25) is 0 Å². The van der Waals surface area contributed by atoms with Crippen LogP contribution in [0, 0.1) is 5.92 Å². The number of hydrogen-bond donors (Lipinski definition) is 2. The normalized spacial score (nSPS) is 23.3. The summed E-state index contributed by atoms with van der Waals surface area (Å²) in [5, 5.41) is 11.9. The molecule has 2 atom stereocenters. The molecule has 1 saturated carbocycles. The Hall–Kier alpha value is -1.71. The molecule has 1 aliphatic carbocycles. The molecule has 4 heteroatoms. The lowest BCUT2D eigenvalue weighted by Gasteiger charge is -2.06. The van der Waals surface area contributed by atoms with Crippen LogP contribution in [0.1, 0.15) is 6.42 Å². The van der Waals surface area contributed by atoms with E-state index < -0.39 is 5.97 Å². The highest BCUT2D eigenvalue weighted by Gasteiger charge is 2.43. The van der Waals surface area contributed by atoms with Crippen molar-refractivity contribution in [3.63, 3.8) is 0 Å². The molecular formula is C11H13NO3. The maximum atomic E-state index is 10.6. The first-order chi connectivity index (χ1) is 7.20. The van der Waals surface area contributed by atoms with Gasteiger partial charge >= 0.3 is 5.97 Å². The van der Waals surface area contributed by atoms with Gasteiger partial charge in [0.1, 0.15) is 5.75 Å². The number of carboxylic acids is 1. The lowest BCUT2D eigenvalue weighted by Crippen LogP contribution is -2.09. The van der Waals surface area contributed by atoms with E-state index in [2.05, 4.69) is 5.32 Å². The molecule has 0 spiro atoms. The fourth-order valence-corrected chi connectivity index (χ4v) is 1.55. The third-order valence-corrected chi connectivity index (χ3v) is 2.53. The van der Waals surface area contributed by atoms with Crippen LogP contribution in [0.3, 0.4) is 0 Å². The molecule has 1 aliphatic rings. The number of ether oxygens (including phenoxy) is 1. The van der Waals surface area contributed by atoms with E-state index in [9.17, 15) is 4.79 Å². The number of aliphatic carboxylic acids is 1. The van der Waals surface area contributed by atoms with E-state index in [0.717, 1.165) is 11.4 Å². The fourth-order valence-electron chi connectivity index (χ4n) is 1.55. The van der Waals surface area contributed by atoms with E-state index in [4.69, 9.17) is 9.84 Å². The van der Waals surface area contributed by atoms with E-state index >= 15 is 0 Å². The molecule has 2 N–H and O–H groups in total. The molecule has 0 amide bonds. The first-order valence-electron chi connectivity index (χ1n) is 4.84. The summed E-state index contributed by atoms with van der Waals surface area (Å²) in [6.45, 7) is 0. The summed E-state index contributed by atoms with van der Waals surface area (Å²) >= 11 is 0. The van der Waals surface area contributed by atoms with Crippen molar-refractivity contribution in [1.29, 1.82) is 0 Å². The second-order valence-electron chi connectivity index (χ2n) is 3.66. The van der Waals surface area contributed by atoms with Gasteiger partial charge in [-0.3, -0.25) is 4.79 Å². The average molecular weight is 207 g/mol. The van der Waals surface area contributed by atoms with Crippen LogP contribution in [-0.2, 0) is 4.79 Å². The van der Waals surface area contributed by atoms with E-state index in [1.807, 2.05) is 24.3 Å². The van der Waals surface area contributed by atoms with Crippen LogP contribution in [0.25, 0.3) is 0 Å². The quantitative estimate of drug-likeness (QED) is 0.787. The van der Waals surface area contributed by atoms with Crippen LogP contribution < -0.4 is 10.1 Å². The van der Waals surface area contributed by atoms with Gasteiger partial charge in [0.2, 0.25) is 0 Å². The van der Waals surface area contributed by atoms with Crippen LogP contribution in [-0.4, -0.2) is 24.2 Å². The summed E-state index contributed by atoms with van der Waals surface area (Å²) in [6.07, 6.45) is 0.701. The van der Waals surface area contributed by atoms with Crippen molar-refractivity contribution >= 4 is 11.7 Å². The van der Waals surface area contributed by atoms with Gasteiger partial charge in [-0.1, -0.05) is 6.07 Å². The maximum Gasteiger partial charge on any atom is 0.308 e. The van der Waals surface area contributed by atoms with Crippen LogP contribution >= 0.6 is 0 Å². The summed E-state index contributed by atoms with van der Waals surface area (Å²) in [4.78, 5) is 10.6. The largest absolute Gasteiger partial charge is 0.497 e. The summed E-state index contributed by atoms with van der Waals surface area (Å²) < 4.78 is 5.07. The molecule has 0 aliphatic heterocycles. The molecule has 0 heterocycles. The Morgan fingerprint density at radius 2 is 2.40 bits per heavy atom. The zero-order valence-corrected chi connectivity index (χ0v) is 8.43. The van der Waals surface area contributed by atoms with Crippen molar-refractivity contribution in [1.82, 2.24) is 0 Å². The van der Waals surface area contributed by atoms with Crippen molar-refractivity contribution in [3.8, 4) is 5.75 Å². The van der Waals surface area contributed by atoms with Gasteiger partial charge in [0, 0.05) is 17.8 Å². The van der Waals surface area contributed by atoms with Crippen molar-refractivity contribution in [3.05, 3.63) is 24.3 Å². The molecule has 4 nitrogen and oxygen atoms in total. The third-order valence-electron chi connectivity index (χ3n) is 2.53. The zero-order chi connectivity index (χ0) is 10.8. The van der Waals surface area contributed by atoms with Crippen LogP contribution in [0.4, 0.5) is 5.69 Å². The minimum Gasteiger partial charge on any atom is -0.497 e. The Labute approximate surface area is 87.9 Å². The zero-order valence-electron chi connectivity index (χ0n) is 8.43. The van der Waals surface area contributed by atoms with Gasteiger partial charge in [-0.15, -0.1) is 0 Å². The predicted octanol–water partition coefficient (Wildman–Crippen LogP) is 1.58. The van der Waals surface area contributed by atoms with Gasteiger partial charge in [0.15, 0.2) is 0 Å². The highest BCUT2D eigenvalue weighted by atomic mass is 16.5. The van der Waals surface area contributed by atoms with Crippen molar-refractivity contribution in [2.24, 2.45) is 5.92 Å². The molecule has 0 radical (unpaired) electrons. The van der Waals surface area contributed by atoms with Gasteiger partial charge in [0.25, 0.3) is 0 Å². The Bertz CT molecular complexity index is 378. The first-order valence-corrected chi connectivity index (χ1v) is 4.84. The van der Waals surface area contributed by atoms with Gasteiger partial charge in [-0.05, 0) is 18.6 Å². The number of anilines is 1. The SMILES string of the molecule is COc1cccc(NC2CC2C(=O)O)c1. The van der Waals surface area contributed by atoms with E-state index in [1.165, 1.54) is 0 Å². The lowest BCUT2D eigenvalue weighted by atomic mass is 10.3. The highest BCUT2D eigenvalue weighted by molar-refractivity contribution is 5.75. The van der Waals surface area contributed by atoms with Gasteiger partial charge in [-0.2, -0.15) is 0 Å². The number of carboxylic acid groups (broad SMARTS) is 1. The van der Waals surface area contributed by atoms with Gasteiger partial charge in [0.05, 0.1) is 13.0 Å². The Morgan fingerprint density at radius 1 is 1.60 bits per heavy atom. The molecule has 0 bridgehead atoms. The Kier molecular flexibility index (Phi) is 2.49. The molecule has 15 heavy (non-hydrogen) atoms. The van der Waals surface area contributed by atoms with Crippen LogP contribution in [0.15, 0.2) is 24.3 Å². The fraction of sp³-hybridized carbons (Fsp3) is 0.364. The molecule has 2 unspecified atom stereocenters. The molecule has 0 aromatic heterocycles. The standard InChI is InChI=1S/C11H13NO3/c1-15-8-4-2-3-7(5-8)12-10-6-9(10)11(13)14/h2-5,9-10,12H,6H2,1H3,(H,13,14). The Balaban J connectivity index is 1.97. The number of rotatable bonds is 4. The molecule has 80 valence electrons. The maximum absolute atomic E-state index is 10.6. The predicted molar refractivity (Wildman–Crippen MR) is 56.1 cm³/mol. The smallest absolute Gasteiger partial charge is 0.308 e. The minimum atomic E-state index is -0.726. The summed E-state index contributed by atoms with van der Waals surface area (Å²) in [7, 11) is 1.61. The Morgan fingerprint density at radius 3 is 3.00 bits per heavy atom. The number of nitrogens with one attached hydrogen (secondary N) is 1. The second kappa shape index (κ2) is 3.81. The van der Waals surface area contributed by atoms with Gasteiger partial charge in [-0.25, -0.2) is 0 Å². The minimum absolute atomic E-state index is 0.0645. The monoisotopic (exact) mass is 207 g/mol. The second-order valence-corrected chi connectivity index (χ2v) is 3.66.